The summed E-state index contributed by atoms with van der Waals surface area (Å²) in [5.74, 6) is -0.411. The topological polar surface area (TPSA) is 37.4 Å². The average molecular weight is 225 g/mol. The molecule has 0 bridgehead atoms. The number of hydrogen-bond acceptors (Lipinski definition) is 2. The van der Waals surface area contributed by atoms with Crippen molar-refractivity contribution in [2.24, 2.45) is 0 Å². The molecule has 0 unspecified atom stereocenters. The van der Waals surface area contributed by atoms with Crippen LogP contribution in [0.15, 0.2) is 36.4 Å². The fourth-order valence-electron chi connectivity index (χ4n) is 2.19. The molecule has 84 valence electrons. The van der Waals surface area contributed by atoms with E-state index in [1.165, 1.54) is 33.8 Å². The van der Waals surface area contributed by atoms with Crippen molar-refractivity contribution in [1.82, 2.24) is 4.90 Å². The van der Waals surface area contributed by atoms with Crippen molar-refractivity contribution < 1.29 is 9.59 Å². The Morgan fingerprint density at radius 2 is 1.71 bits per heavy atom. The lowest BCUT2D eigenvalue weighted by atomic mass is 9.87. The summed E-state index contributed by atoms with van der Waals surface area (Å²) < 4.78 is 0. The van der Waals surface area contributed by atoms with Crippen LogP contribution >= 0.6 is 0 Å². The van der Waals surface area contributed by atoms with Gasteiger partial charge in [-0.1, -0.05) is 30.3 Å². The zero-order chi connectivity index (χ0) is 11.8. The lowest BCUT2D eigenvalue weighted by molar-refractivity contribution is -0.136. The highest BCUT2D eigenvalue weighted by Crippen LogP contribution is 2.34. The number of fused-ring (bicyclic) bond motifs is 1. The minimum Gasteiger partial charge on any atom is -0.275 e. The van der Waals surface area contributed by atoms with Crippen LogP contribution < -0.4 is 0 Å². The van der Waals surface area contributed by atoms with Crippen LogP contribution in [0.25, 0.3) is 11.6 Å². The summed E-state index contributed by atoms with van der Waals surface area (Å²) in [5.41, 5.74) is 3.69. The molecule has 1 aliphatic heterocycles. The molecule has 0 saturated heterocycles. The number of rotatable bonds is 3. The lowest BCUT2D eigenvalue weighted by Crippen LogP contribution is -2.31. The predicted octanol–water partition coefficient (Wildman–Crippen LogP) is 1.86. The number of carbonyl (C=O) groups excluding carboxylic acids is 2. The Labute approximate surface area is 99.0 Å². The Balaban J connectivity index is 1.65. The average Bonchev–Trinajstić information content (AvgIpc) is 2.61. The molecule has 3 rings (SSSR count). The fraction of sp³-hybridized carbons (Fsp3) is 0.143. The first kappa shape index (κ1) is 10.0. The van der Waals surface area contributed by atoms with Gasteiger partial charge in [-0.25, -0.2) is 0 Å². The van der Waals surface area contributed by atoms with Crippen molar-refractivity contribution in [3.05, 3.63) is 47.5 Å². The molecule has 17 heavy (non-hydrogen) atoms. The van der Waals surface area contributed by atoms with Crippen molar-refractivity contribution in [2.45, 2.75) is 6.42 Å². The predicted molar refractivity (Wildman–Crippen MR) is 64.8 cm³/mol. The van der Waals surface area contributed by atoms with Crippen LogP contribution in [0.3, 0.4) is 0 Å². The van der Waals surface area contributed by atoms with Crippen LogP contribution in [-0.4, -0.2) is 23.3 Å². The zero-order valence-electron chi connectivity index (χ0n) is 9.22. The van der Waals surface area contributed by atoms with Crippen molar-refractivity contribution in [2.75, 3.05) is 6.54 Å². The molecular weight excluding hydrogens is 214 g/mol. The first-order valence-corrected chi connectivity index (χ1v) is 5.59. The third-order valence-electron chi connectivity index (χ3n) is 3.14. The van der Waals surface area contributed by atoms with Gasteiger partial charge in [0.05, 0.1) is 0 Å². The van der Waals surface area contributed by atoms with Crippen LogP contribution in [0.2, 0.25) is 0 Å². The van der Waals surface area contributed by atoms with Gasteiger partial charge >= 0.3 is 0 Å². The van der Waals surface area contributed by atoms with Gasteiger partial charge in [0, 0.05) is 18.7 Å². The largest absolute Gasteiger partial charge is 0.275 e. The van der Waals surface area contributed by atoms with Gasteiger partial charge in [-0.05, 0) is 23.1 Å². The van der Waals surface area contributed by atoms with Crippen molar-refractivity contribution in [3.8, 4) is 0 Å². The van der Waals surface area contributed by atoms with Crippen LogP contribution in [0.1, 0.15) is 17.5 Å². The highest BCUT2D eigenvalue weighted by atomic mass is 16.2. The Bertz CT molecular complexity index is 551. The molecule has 1 aromatic carbocycles. The van der Waals surface area contributed by atoms with Crippen LogP contribution in [0.5, 0.6) is 0 Å². The first-order valence-electron chi connectivity index (χ1n) is 5.59. The molecule has 0 aromatic heterocycles. The van der Waals surface area contributed by atoms with Crippen molar-refractivity contribution in [3.63, 3.8) is 0 Å². The van der Waals surface area contributed by atoms with E-state index in [2.05, 4.69) is 18.2 Å². The van der Waals surface area contributed by atoms with Gasteiger partial charge in [0.1, 0.15) is 0 Å². The molecule has 1 heterocycles. The van der Waals surface area contributed by atoms with Crippen LogP contribution in [0.4, 0.5) is 0 Å². The van der Waals surface area contributed by atoms with Gasteiger partial charge in [0.2, 0.25) is 0 Å². The number of hydrogen-bond donors (Lipinski definition) is 0. The van der Waals surface area contributed by atoms with Crippen LogP contribution in [-0.2, 0) is 9.59 Å². The Kier molecular flexibility index (Phi) is 2.18. The summed E-state index contributed by atoms with van der Waals surface area (Å²) in [4.78, 5) is 24.0. The van der Waals surface area contributed by atoms with E-state index in [1.54, 1.807) is 0 Å². The maximum Gasteiger partial charge on any atom is 0.253 e. The number of amides is 2. The third kappa shape index (κ3) is 1.60. The van der Waals surface area contributed by atoms with Crippen molar-refractivity contribution >= 4 is 23.5 Å². The summed E-state index contributed by atoms with van der Waals surface area (Å²) >= 11 is 0. The monoisotopic (exact) mass is 225 g/mol. The molecule has 3 nitrogen and oxygen atoms in total. The van der Waals surface area contributed by atoms with Crippen LogP contribution in [0, 0.1) is 0 Å². The molecular formula is C14H11NO2. The standard InChI is InChI=1S/C14H11NO2/c16-13-5-6-14(17)15(13)8-7-11-9-10-3-1-2-4-12(10)11/h1-6,9H,7-8H2. The third-order valence-corrected chi connectivity index (χ3v) is 3.14. The maximum absolute atomic E-state index is 11.3. The Morgan fingerprint density at radius 3 is 2.41 bits per heavy atom. The van der Waals surface area contributed by atoms with E-state index >= 15 is 0 Å². The number of nitrogens with zero attached hydrogens (tertiary/aromatic N) is 1. The summed E-state index contributed by atoms with van der Waals surface area (Å²) in [6.07, 6.45) is 5.49. The normalized spacial score (nSPS) is 16.9. The molecule has 3 heteroatoms. The van der Waals surface area contributed by atoms with E-state index in [0.717, 1.165) is 6.42 Å². The number of carbonyl (C=O) groups is 2. The molecule has 1 aliphatic carbocycles. The van der Waals surface area contributed by atoms with Crippen molar-refractivity contribution in [1.29, 1.82) is 0 Å². The minimum absolute atomic E-state index is 0.205. The fourth-order valence-corrected chi connectivity index (χ4v) is 2.19. The molecule has 2 aliphatic rings. The number of imide groups is 1. The molecule has 0 fully saturated rings. The van der Waals surface area contributed by atoms with E-state index in [4.69, 9.17) is 0 Å². The van der Waals surface area contributed by atoms with E-state index in [-0.39, 0.29) is 11.8 Å². The van der Waals surface area contributed by atoms with Gasteiger partial charge in [-0.15, -0.1) is 0 Å². The second kappa shape index (κ2) is 3.70. The molecule has 0 radical (unpaired) electrons. The summed E-state index contributed by atoms with van der Waals surface area (Å²) in [7, 11) is 0. The van der Waals surface area contributed by atoms with Gasteiger partial charge in [0.25, 0.3) is 11.8 Å². The quantitative estimate of drug-likeness (QED) is 0.736. The first-order chi connectivity index (χ1) is 8.25. The van der Waals surface area contributed by atoms with E-state index < -0.39 is 0 Å². The SMILES string of the molecule is O=C1C=CC(=O)N1CCC1=Cc2ccccc21. The number of benzene rings is 1. The maximum atomic E-state index is 11.3. The smallest absolute Gasteiger partial charge is 0.253 e. The lowest BCUT2D eigenvalue weighted by Gasteiger charge is -2.22. The van der Waals surface area contributed by atoms with Gasteiger partial charge in [-0.3, -0.25) is 14.5 Å². The molecule has 0 atom stereocenters. The Morgan fingerprint density at radius 1 is 1.00 bits per heavy atom. The molecule has 0 saturated carbocycles. The van der Waals surface area contributed by atoms with Gasteiger partial charge < -0.3 is 0 Å². The Hall–Kier alpha value is -2.16. The highest BCUT2D eigenvalue weighted by molar-refractivity contribution is 6.13. The summed E-state index contributed by atoms with van der Waals surface area (Å²) in [6, 6.07) is 8.13. The molecule has 0 spiro atoms. The van der Waals surface area contributed by atoms with Gasteiger partial charge in [0.15, 0.2) is 0 Å². The summed E-state index contributed by atoms with van der Waals surface area (Å²) in [6.45, 7) is 0.463. The molecule has 2 amide bonds. The zero-order valence-corrected chi connectivity index (χ0v) is 9.22. The molecule has 1 aromatic rings. The second-order valence-electron chi connectivity index (χ2n) is 4.17. The minimum atomic E-state index is -0.205. The van der Waals surface area contributed by atoms with Gasteiger partial charge in [-0.2, -0.15) is 0 Å². The summed E-state index contributed by atoms with van der Waals surface area (Å²) in [5, 5.41) is 0. The van der Waals surface area contributed by atoms with E-state index in [0.29, 0.717) is 6.54 Å². The molecule has 0 N–H and O–H groups in total. The highest BCUT2D eigenvalue weighted by Gasteiger charge is 2.24. The van der Waals surface area contributed by atoms with E-state index in [9.17, 15) is 9.59 Å². The second-order valence-corrected chi connectivity index (χ2v) is 4.17. The van der Waals surface area contributed by atoms with E-state index in [1.807, 2.05) is 12.1 Å².